The Balaban J connectivity index is 1.61. The Kier molecular flexibility index (Phi) is 6.53. The van der Waals surface area contributed by atoms with E-state index >= 15 is 0 Å². The first-order chi connectivity index (χ1) is 16.2. The van der Waals surface area contributed by atoms with Crippen LogP contribution in [0.25, 0.3) is 6.08 Å². The van der Waals surface area contributed by atoms with E-state index in [4.69, 9.17) is 12.2 Å². The number of aryl methyl sites for hydroxylation is 2. The van der Waals surface area contributed by atoms with Crippen molar-refractivity contribution in [3.8, 4) is 5.75 Å². The first-order valence-electron chi connectivity index (χ1n) is 10.1. The maximum atomic E-state index is 13.1. The minimum Gasteiger partial charge on any atom is -0.507 e. The second-order valence-electron chi connectivity index (χ2n) is 7.47. The molecule has 34 heavy (non-hydrogen) atoms. The minimum atomic E-state index is -0.566. The molecule has 0 unspecified atom stereocenters. The van der Waals surface area contributed by atoms with Crippen LogP contribution in [0.5, 0.6) is 5.75 Å². The third kappa shape index (κ3) is 4.73. The fourth-order valence-electron chi connectivity index (χ4n) is 3.33. The standard InChI is InChI=1S/C24H18N4O4S2/c1-14-5-3-4-6-19(14)26-25-17-7-9-20(15(2)11-17)27-23(30)22(34-24(27)33)13-16-12-18(28(31)32)8-10-21(16)29/h3-13,29H,1-2H3/b22-13-,26-25?. The van der Waals surface area contributed by atoms with Crippen molar-refractivity contribution in [2.45, 2.75) is 13.8 Å². The molecule has 1 heterocycles. The number of thioether (sulfide) groups is 1. The zero-order valence-electron chi connectivity index (χ0n) is 18.1. The van der Waals surface area contributed by atoms with Crippen LogP contribution in [0.15, 0.2) is 75.8 Å². The summed E-state index contributed by atoms with van der Waals surface area (Å²) in [5.41, 5.74) is 3.77. The molecule has 3 aromatic rings. The molecule has 1 amide bonds. The van der Waals surface area contributed by atoms with Crippen LogP contribution < -0.4 is 4.90 Å². The number of hydrogen-bond acceptors (Lipinski definition) is 8. The summed E-state index contributed by atoms with van der Waals surface area (Å²) in [4.78, 5) is 25.3. The Morgan fingerprint density at radius 1 is 1.06 bits per heavy atom. The van der Waals surface area contributed by atoms with E-state index in [9.17, 15) is 20.0 Å². The van der Waals surface area contributed by atoms with Crippen LogP contribution in [-0.2, 0) is 4.79 Å². The summed E-state index contributed by atoms with van der Waals surface area (Å²) in [5, 5.41) is 29.7. The molecule has 0 saturated carbocycles. The van der Waals surface area contributed by atoms with Gasteiger partial charge < -0.3 is 5.11 Å². The highest BCUT2D eigenvalue weighted by molar-refractivity contribution is 8.27. The molecule has 1 aliphatic heterocycles. The first-order valence-corrected chi connectivity index (χ1v) is 11.3. The van der Waals surface area contributed by atoms with Gasteiger partial charge in [0.1, 0.15) is 5.75 Å². The number of nitro benzene ring substituents is 1. The van der Waals surface area contributed by atoms with Crippen molar-refractivity contribution in [2.75, 3.05) is 4.90 Å². The highest BCUT2D eigenvalue weighted by atomic mass is 32.2. The lowest BCUT2D eigenvalue weighted by Crippen LogP contribution is -2.28. The number of non-ortho nitro benzene ring substituents is 1. The minimum absolute atomic E-state index is 0.165. The maximum Gasteiger partial charge on any atom is 0.270 e. The number of aromatic hydroxyl groups is 1. The Hall–Kier alpha value is -3.89. The molecule has 1 N–H and O–H groups in total. The number of nitro groups is 1. The van der Waals surface area contributed by atoms with E-state index in [0.29, 0.717) is 15.7 Å². The van der Waals surface area contributed by atoms with Crippen molar-refractivity contribution < 1.29 is 14.8 Å². The largest absolute Gasteiger partial charge is 0.507 e. The summed E-state index contributed by atoms with van der Waals surface area (Å²) in [5.74, 6) is -0.547. The predicted octanol–water partition coefficient (Wildman–Crippen LogP) is 6.74. The maximum absolute atomic E-state index is 13.1. The number of thiocarbonyl (C=S) groups is 1. The van der Waals surface area contributed by atoms with Gasteiger partial charge in [-0.25, -0.2) is 0 Å². The van der Waals surface area contributed by atoms with E-state index in [1.165, 1.54) is 29.2 Å². The van der Waals surface area contributed by atoms with Crippen molar-refractivity contribution in [3.05, 3.63) is 92.4 Å². The number of phenolic OH excluding ortho intramolecular Hbond substituents is 1. The molecule has 0 atom stereocenters. The third-order valence-electron chi connectivity index (χ3n) is 5.11. The van der Waals surface area contributed by atoms with Crippen molar-refractivity contribution >= 4 is 63.0 Å². The highest BCUT2D eigenvalue weighted by Crippen LogP contribution is 2.39. The molecule has 0 spiro atoms. The smallest absolute Gasteiger partial charge is 0.270 e. The molecule has 1 fully saturated rings. The van der Waals surface area contributed by atoms with Gasteiger partial charge in [0.05, 0.1) is 26.9 Å². The molecule has 0 aliphatic carbocycles. The van der Waals surface area contributed by atoms with Crippen molar-refractivity contribution in [1.29, 1.82) is 0 Å². The average molecular weight is 491 g/mol. The zero-order chi connectivity index (χ0) is 24.4. The molecule has 4 rings (SSSR count). The van der Waals surface area contributed by atoms with E-state index in [1.54, 1.807) is 12.1 Å². The summed E-state index contributed by atoms with van der Waals surface area (Å²) < 4.78 is 0.318. The normalized spacial score (nSPS) is 15.0. The number of carbonyl (C=O) groups excluding carboxylic acids is 1. The molecule has 1 saturated heterocycles. The zero-order valence-corrected chi connectivity index (χ0v) is 19.8. The SMILES string of the molecule is Cc1ccccc1N=Nc1ccc(N2C(=O)/C(=C/c3cc([N+](=O)[O-])ccc3O)SC2=S)c(C)c1. The topological polar surface area (TPSA) is 108 Å². The monoisotopic (exact) mass is 490 g/mol. The van der Waals surface area contributed by atoms with Gasteiger partial charge in [-0.1, -0.05) is 42.2 Å². The lowest BCUT2D eigenvalue weighted by Gasteiger charge is -2.17. The van der Waals surface area contributed by atoms with Gasteiger partial charge >= 0.3 is 0 Å². The second kappa shape index (κ2) is 9.54. The van der Waals surface area contributed by atoms with Crippen LogP contribution in [-0.4, -0.2) is 20.3 Å². The highest BCUT2D eigenvalue weighted by Gasteiger charge is 2.34. The van der Waals surface area contributed by atoms with Gasteiger partial charge in [0.25, 0.3) is 11.6 Å². The van der Waals surface area contributed by atoms with Gasteiger partial charge in [-0.3, -0.25) is 19.8 Å². The van der Waals surface area contributed by atoms with Crippen LogP contribution >= 0.6 is 24.0 Å². The summed E-state index contributed by atoms with van der Waals surface area (Å²) in [7, 11) is 0. The van der Waals surface area contributed by atoms with Gasteiger partial charge in [0, 0.05) is 17.7 Å². The molecule has 8 nitrogen and oxygen atoms in total. The second-order valence-corrected chi connectivity index (χ2v) is 9.15. The van der Waals surface area contributed by atoms with E-state index in [-0.39, 0.29) is 27.8 Å². The first kappa shape index (κ1) is 23.3. The summed E-state index contributed by atoms with van der Waals surface area (Å²) >= 11 is 6.49. The average Bonchev–Trinajstić information content (AvgIpc) is 3.07. The lowest BCUT2D eigenvalue weighted by atomic mass is 10.1. The molecule has 10 heteroatoms. The Morgan fingerprint density at radius 2 is 1.82 bits per heavy atom. The van der Waals surface area contributed by atoms with Gasteiger partial charge in [-0.05, 0) is 61.4 Å². The summed E-state index contributed by atoms with van der Waals surface area (Å²) in [6.07, 6.45) is 1.40. The molecule has 3 aromatic carbocycles. The Morgan fingerprint density at radius 3 is 2.53 bits per heavy atom. The van der Waals surface area contributed by atoms with Crippen LogP contribution in [0.4, 0.5) is 22.7 Å². The number of phenols is 1. The number of anilines is 1. The molecular weight excluding hydrogens is 472 g/mol. The van der Waals surface area contributed by atoms with Crippen molar-refractivity contribution in [2.24, 2.45) is 10.2 Å². The fourth-order valence-corrected chi connectivity index (χ4v) is 4.60. The van der Waals surface area contributed by atoms with E-state index in [2.05, 4.69) is 10.2 Å². The Bertz CT molecular complexity index is 1400. The van der Waals surface area contributed by atoms with Gasteiger partial charge in [0.15, 0.2) is 4.32 Å². The van der Waals surface area contributed by atoms with Crippen molar-refractivity contribution in [1.82, 2.24) is 0 Å². The fraction of sp³-hybridized carbons (Fsp3) is 0.0833. The van der Waals surface area contributed by atoms with E-state index < -0.39 is 4.92 Å². The number of azo groups is 1. The van der Waals surface area contributed by atoms with E-state index in [0.717, 1.165) is 28.6 Å². The predicted molar refractivity (Wildman–Crippen MR) is 137 cm³/mol. The number of amides is 1. The quantitative estimate of drug-likeness (QED) is 0.139. The molecule has 1 aliphatic rings. The summed E-state index contributed by atoms with van der Waals surface area (Å²) in [6.45, 7) is 3.80. The van der Waals surface area contributed by atoms with Gasteiger partial charge in [-0.15, -0.1) is 0 Å². The van der Waals surface area contributed by atoms with Crippen LogP contribution in [0.2, 0.25) is 0 Å². The lowest BCUT2D eigenvalue weighted by molar-refractivity contribution is -0.384. The molecule has 0 aromatic heterocycles. The number of carbonyl (C=O) groups is 1. The van der Waals surface area contributed by atoms with Gasteiger partial charge in [0.2, 0.25) is 0 Å². The molecular formula is C24H18N4O4S2. The Labute approximate surface area is 204 Å². The van der Waals surface area contributed by atoms with Crippen LogP contribution in [0.1, 0.15) is 16.7 Å². The molecule has 0 radical (unpaired) electrons. The third-order valence-corrected chi connectivity index (χ3v) is 6.41. The van der Waals surface area contributed by atoms with E-state index in [1.807, 2.05) is 44.2 Å². The number of benzene rings is 3. The molecule has 170 valence electrons. The van der Waals surface area contributed by atoms with Crippen LogP contribution in [0.3, 0.4) is 0 Å². The van der Waals surface area contributed by atoms with Gasteiger partial charge in [-0.2, -0.15) is 10.2 Å². The van der Waals surface area contributed by atoms with Crippen molar-refractivity contribution in [3.63, 3.8) is 0 Å². The summed E-state index contributed by atoms with van der Waals surface area (Å²) in [6, 6.07) is 16.6. The van der Waals surface area contributed by atoms with Crippen LogP contribution in [0, 0.1) is 24.0 Å². The molecule has 0 bridgehead atoms. The number of nitrogens with zero attached hydrogens (tertiary/aromatic N) is 4. The number of rotatable bonds is 5. The number of hydrogen-bond donors (Lipinski definition) is 1.